The molecule has 1 aliphatic carbocycles. The summed E-state index contributed by atoms with van der Waals surface area (Å²) >= 11 is 0. The molecular weight excluding hydrogens is 271 g/mol. The number of hydrogen-bond donors (Lipinski definition) is 2. The zero-order valence-corrected chi connectivity index (χ0v) is 11.7. The Labute approximate surface area is 117 Å². The highest BCUT2D eigenvalue weighted by Crippen LogP contribution is 2.22. The maximum atomic E-state index is 12.1. The van der Waals surface area contributed by atoms with Gasteiger partial charge in [0.1, 0.15) is 6.54 Å². The van der Waals surface area contributed by atoms with Gasteiger partial charge in [-0.1, -0.05) is 19.3 Å². The average Bonchev–Trinajstić information content (AvgIpc) is 2.41. The molecule has 0 radical (unpaired) electrons. The smallest absolute Gasteiger partial charge is 0.346 e. The lowest BCUT2D eigenvalue weighted by molar-refractivity contribution is -0.139. The van der Waals surface area contributed by atoms with E-state index < -0.39 is 18.6 Å². The van der Waals surface area contributed by atoms with Crippen LogP contribution in [0.15, 0.2) is 0 Å². The lowest BCUT2D eigenvalue weighted by Gasteiger charge is -2.33. The Morgan fingerprint density at radius 2 is 1.90 bits per heavy atom. The van der Waals surface area contributed by atoms with Crippen LogP contribution in [0.4, 0.5) is 13.2 Å². The van der Waals surface area contributed by atoms with Crippen LogP contribution in [-0.2, 0) is 4.79 Å². The molecule has 1 fully saturated rings. The van der Waals surface area contributed by atoms with E-state index in [0.717, 1.165) is 32.1 Å². The number of nitrogens with zero attached hydrogens (tertiary/aromatic N) is 1. The topological polar surface area (TPSA) is 58.4 Å². The van der Waals surface area contributed by atoms with Gasteiger partial charge in [0.05, 0.1) is 6.54 Å². The van der Waals surface area contributed by atoms with E-state index in [1.807, 2.05) is 10.2 Å². The van der Waals surface area contributed by atoms with Gasteiger partial charge in [0.2, 0.25) is 5.91 Å². The molecule has 1 aliphatic rings. The molecule has 0 aromatic rings. The largest absolute Gasteiger partial charge is 0.405 e. The Kier molecular flexibility index (Phi) is 7.29. The highest BCUT2D eigenvalue weighted by atomic mass is 19.4. The fourth-order valence-corrected chi connectivity index (χ4v) is 2.57. The van der Waals surface area contributed by atoms with E-state index in [4.69, 9.17) is 5.73 Å². The summed E-state index contributed by atoms with van der Waals surface area (Å²) in [6.45, 7) is -0.0457. The van der Waals surface area contributed by atoms with Gasteiger partial charge in [-0.25, -0.2) is 0 Å². The monoisotopic (exact) mass is 295 g/mol. The van der Waals surface area contributed by atoms with Gasteiger partial charge in [-0.05, 0) is 25.8 Å². The summed E-state index contributed by atoms with van der Waals surface area (Å²) in [6, 6.07) is 0.298. The number of carbonyl (C=O) groups excluding carboxylic acids is 1. The minimum absolute atomic E-state index is 0.0285. The number of halogens is 3. The number of hydrogen-bond acceptors (Lipinski definition) is 3. The lowest BCUT2D eigenvalue weighted by atomic mass is 9.94. The number of nitrogens with one attached hydrogen (secondary N) is 1. The second kappa shape index (κ2) is 8.46. The third-order valence-corrected chi connectivity index (χ3v) is 3.57. The van der Waals surface area contributed by atoms with Crippen molar-refractivity contribution in [3.05, 3.63) is 0 Å². The van der Waals surface area contributed by atoms with Crippen LogP contribution in [0.1, 0.15) is 38.5 Å². The Balaban J connectivity index is 2.44. The summed E-state index contributed by atoms with van der Waals surface area (Å²) in [4.78, 5) is 13.6. The number of amides is 1. The molecule has 0 bridgehead atoms. The summed E-state index contributed by atoms with van der Waals surface area (Å²) < 4.78 is 36.2. The van der Waals surface area contributed by atoms with E-state index in [9.17, 15) is 18.0 Å². The normalized spacial score (nSPS) is 17.4. The van der Waals surface area contributed by atoms with E-state index >= 15 is 0 Å². The van der Waals surface area contributed by atoms with Crippen LogP contribution in [0.2, 0.25) is 0 Å². The first-order valence-electron chi connectivity index (χ1n) is 7.20. The third-order valence-electron chi connectivity index (χ3n) is 3.57. The quantitative estimate of drug-likeness (QED) is 0.751. The predicted molar refractivity (Wildman–Crippen MR) is 71.2 cm³/mol. The van der Waals surface area contributed by atoms with Crippen molar-refractivity contribution in [2.45, 2.75) is 50.7 Å². The van der Waals surface area contributed by atoms with Crippen molar-refractivity contribution in [3.63, 3.8) is 0 Å². The molecule has 20 heavy (non-hydrogen) atoms. The number of carbonyl (C=O) groups is 1. The molecule has 0 spiro atoms. The summed E-state index contributed by atoms with van der Waals surface area (Å²) in [5.74, 6) is -0.565. The third kappa shape index (κ3) is 7.09. The van der Waals surface area contributed by atoms with E-state index in [1.54, 1.807) is 0 Å². The minimum atomic E-state index is -4.36. The van der Waals surface area contributed by atoms with Crippen molar-refractivity contribution >= 4 is 5.91 Å². The molecule has 3 N–H and O–H groups in total. The molecule has 1 saturated carbocycles. The van der Waals surface area contributed by atoms with Crippen LogP contribution in [0.5, 0.6) is 0 Å². The van der Waals surface area contributed by atoms with Gasteiger partial charge in [0.25, 0.3) is 0 Å². The fraction of sp³-hybridized carbons (Fsp3) is 0.923. The van der Waals surface area contributed by atoms with Crippen molar-refractivity contribution in [1.29, 1.82) is 0 Å². The number of nitrogens with two attached hydrogens (primary N) is 1. The van der Waals surface area contributed by atoms with Crippen molar-refractivity contribution in [2.24, 2.45) is 5.73 Å². The van der Waals surface area contributed by atoms with E-state index in [0.29, 0.717) is 19.1 Å². The van der Waals surface area contributed by atoms with Crippen molar-refractivity contribution in [2.75, 3.05) is 26.2 Å². The first-order valence-corrected chi connectivity index (χ1v) is 7.20. The molecule has 4 nitrogen and oxygen atoms in total. The van der Waals surface area contributed by atoms with Crippen LogP contribution in [0.25, 0.3) is 0 Å². The molecule has 0 aliphatic heterocycles. The van der Waals surface area contributed by atoms with Gasteiger partial charge in [0, 0.05) is 12.6 Å². The van der Waals surface area contributed by atoms with Crippen molar-refractivity contribution in [1.82, 2.24) is 10.2 Å². The summed E-state index contributed by atoms with van der Waals surface area (Å²) in [5.41, 5.74) is 5.48. The number of rotatable bonds is 7. The van der Waals surface area contributed by atoms with Gasteiger partial charge in [0.15, 0.2) is 0 Å². The van der Waals surface area contributed by atoms with Crippen LogP contribution in [0, 0.1) is 0 Å². The molecule has 0 heterocycles. The van der Waals surface area contributed by atoms with Gasteiger partial charge in [-0.15, -0.1) is 0 Å². The van der Waals surface area contributed by atoms with Crippen LogP contribution in [0.3, 0.4) is 0 Å². The number of alkyl halides is 3. The summed E-state index contributed by atoms with van der Waals surface area (Å²) in [6.07, 6.45) is 1.85. The zero-order chi connectivity index (χ0) is 15.0. The van der Waals surface area contributed by atoms with Crippen molar-refractivity contribution < 1.29 is 18.0 Å². The van der Waals surface area contributed by atoms with E-state index in [-0.39, 0.29) is 6.54 Å². The van der Waals surface area contributed by atoms with Crippen LogP contribution >= 0.6 is 0 Å². The molecule has 118 valence electrons. The SMILES string of the molecule is NCCCN(CC(=O)NCC(F)(F)F)C1CCCCC1. The van der Waals surface area contributed by atoms with Crippen molar-refractivity contribution in [3.8, 4) is 0 Å². The molecule has 1 amide bonds. The van der Waals surface area contributed by atoms with Crippen LogP contribution < -0.4 is 11.1 Å². The van der Waals surface area contributed by atoms with Gasteiger partial charge in [-0.3, -0.25) is 9.69 Å². The van der Waals surface area contributed by atoms with Crippen LogP contribution in [-0.4, -0.2) is 49.2 Å². The highest BCUT2D eigenvalue weighted by Gasteiger charge is 2.29. The highest BCUT2D eigenvalue weighted by molar-refractivity contribution is 5.78. The zero-order valence-electron chi connectivity index (χ0n) is 11.7. The molecular formula is C13H24F3N3O. The molecule has 0 aromatic heterocycles. The first kappa shape index (κ1) is 17.2. The summed E-state index contributed by atoms with van der Waals surface area (Å²) in [7, 11) is 0. The van der Waals surface area contributed by atoms with E-state index in [2.05, 4.69) is 0 Å². The molecule has 1 rings (SSSR count). The standard InChI is InChI=1S/C13H24F3N3O/c14-13(15,16)10-18-12(20)9-19(8-4-7-17)11-5-2-1-3-6-11/h11H,1-10,17H2,(H,18,20). The first-order chi connectivity index (χ1) is 9.42. The van der Waals surface area contributed by atoms with Gasteiger partial charge >= 0.3 is 6.18 Å². The molecule has 0 aromatic carbocycles. The molecule has 7 heteroatoms. The second-order valence-electron chi connectivity index (χ2n) is 5.30. The summed E-state index contributed by atoms with van der Waals surface area (Å²) in [5, 5.41) is 1.93. The van der Waals surface area contributed by atoms with Gasteiger partial charge < -0.3 is 11.1 Å². The molecule has 0 atom stereocenters. The Bertz CT molecular complexity index is 291. The maximum absolute atomic E-state index is 12.1. The Morgan fingerprint density at radius 1 is 1.25 bits per heavy atom. The minimum Gasteiger partial charge on any atom is -0.346 e. The average molecular weight is 295 g/mol. The fourth-order valence-electron chi connectivity index (χ4n) is 2.57. The Hall–Kier alpha value is -0.820. The molecule has 0 unspecified atom stereocenters. The lowest BCUT2D eigenvalue weighted by Crippen LogP contribution is -2.46. The maximum Gasteiger partial charge on any atom is 0.405 e. The second-order valence-corrected chi connectivity index (χ2v) is 5.30. The Morgan fingerprint density at radius 3 is 2.45 bits per heavy atom. The van der Waals surface area contributed by atoms with E-state index in [1.165, 1.54) is 6.42 Å². The predicted octanol–water partition coefficient (Wildman–Crippen LogP) is 1.65. The molecule has 0 saturated heterocycles. The van der Waals surface area contributed by atoms with Gasteiger partial charge in [-0.2, -0.15) is 13.2 Å².